The van der Waals surface area contributed by atoms with Gasteiger partial charge in [-0.15, -0.1) is 11.6 Å². The van der Waals surface area contributed by atoms with Crippen LogP contribution in [0.1, 0.15) is 56.4 Å². The van der Waals surface area contributed by atoms with Crippen molar-refractivity contribution in [2.75, 3.05) is 0 Å². The monoisotopic (exact) mass is 260 g/mol. The zero-order valence-corrected chi connectivity index (χ0v) is 10.9. The van der Waals surface area contributed by atoms with Gasteiger partial charge in [-0.1, -0.05) is 45.1 Å². The Hall–Kier alpha value is -0.630. The first-order valence-electron chi connectivity index (χ1n) is 6.24. The standard InChI is InChI=1S/C14H19ClF2/c1-2-3-4-5-6-7-13(15)12-9-8-11(16)10-14(12)17/h8-10,13H,2-7H2,1H3. The highest BCUT2D eigenvalue weighted by Crippen LogP contribution is 2.29. The molecule has 3 heteroatoms. The van der Waals surface area contributed by atoms with Gasteiger partial charge < -0.3 is 0 Å². The number of benzene rings is 1. The van der Waals surface area contributed by atoms with E-state index in [0.29, 0.717) is 5.56 Å². The van der Waals surface area contributed by atoms with Crippen LogP contribution in [0.5, 0.6) is 0 Å². The maximum atomic E-state index is 13.4. The molecule has 1 rings (SSSR count). The van der Waals surface area contributed by atoms with Crippen molar-refractivity contribution in [3.63, 3.8) is 0 Å². The fourth-order valence-electron chi connectivity index (χ4n) is 1.84. The van der Waals surface area contributed by atoms with Crippen LogP contribution in [-0.4, -0.2) is 0 Å². The summed E-state index contributed by atoms with van der Waals surface area (Å²) in [6.45, 7) is 2.16. The molecule has 0 spiro atoms. The van der Waals surface area contributed by atoms with Gasteiger partial charge >= 0.3 is 0 Å². The van der Waals surface area contributed by atoms with Crippen LogP contribution >= 0.6 is 11.6 Å². The van der Waals surface area contributed by atoms with Crippen molar-refractivity contribution < 1.29 is 8.78 Å². The fourth-order valence-corrected chi connectivity index (χ4v) is 2.17. The molecule has 0 fully saturated rings. The Morgan fingerprint density at radius 3 is 2.47 bits per heavy atom. The molecule has 0 amide bonds. The lowest BCUT2D eigenvalue weighted by atomic mass is 10.0. The lowest BCUT2D eigenvalue weighted by molar-refractivity contribution is 0.555. The zero-order valence-electron chi connectivity index (χ0n) is 10.2. The number of alkyl halides is 1. The molecule has 17 heavy (non-hydrogen) atoms. The molecule has 1 aromatic rings. The van der Waals surface area contributed by atoms with Crippen LogP contribution in [0.25, 0.3) is 0 Å². The highest BCUT2D eigenvalue weighted by molar-refractivity contribution is 6.20. The molecule has 0 bridgehead atoms. The van der Waals surface area contributed by atoms with E-state index in [1.807, 2.05) is 0 Å². The first-order valence-corrected chi connectivity index (χ1v) is 6.67. The molecule has 1 atom stereocenters. The summed E-state index contributed by atoms with van der Waals surface area (Å²) in [5.74, 6) is -1.10. The van der Waals surface area contributed by atoms with Crippen molar-refractivity contribution in [1.82, 2.24) is 0 Å². The number of hydrogen-bond acceptors (Lipinski definition) is 0. The van der Waals surface area contributed by atoms with Gasteiger partial charge in [0.1, 0.15) is 11.6 Å². The van der Waals surface area contributed by atoms with E-state index < -0.39 is 11.6 Å². The Morgan fingerprint density at radius 1 is 1.12 bits per heavy atom. The molecule has 0 heterocycles. The molecule has 0 aliphatic rings. The molecule has 0 N–H and O–H groups in total. The normalized spacial score (nSPS) is 12.7. The summed E-state index contributed by atoms with van der Waals surface area (Å²) >= 11 is 6.11. The summed E-state index contributed by atoms with van der Waals surface area (Å²) in [5, 5.41) is -0.350. The molecular weight excluding hydrogens is 242 g/mol. The molecule has 0 radical (unpaired) electrons. The molecular formula is C14H19ClF2. The van der Waals surface area contributed by atoms with Crippen LogP contribution < -0.4 is 0 Å². The van der Waals surface area contributed by atoms with E-state index in [1.165, 1.54) is 31.4 Å². The van der Waals surface area contributed by atoms with Gasteiger partial charge in [0.2, 0.25) is 0 Å². The van der Waals surface area contributed by atoms with Crippen molar-refractivity contribution in [3.05, 3.63) is 35.4 Å². The second kappa shape index (κ2) is 7.65. The summed E-state index contributed by atoms with van der Waals surface area (Å²) in [6, 6.07) is 3.58. The Bertz CT molecular complexity index is 339. The van der Waals surface area contributed by atoms with Crippen LogP contribution in [0.4, 0.5) is 8.78 Å². The number of rotatable bonds is 7. The van der Waals surface area contributed by atoms with Gasteiger partial charge in [-0.05, 0) is 12.5 Å². The predicted molar refractivity (Wildman–Crippen MR) is 68.3 cm³/mol. The molecule has 0 aromatic heterocycles. The minimum Gasteiger partial charge on any atom is -0.207 e. The third-order valence-electron chi connectivity index (χ3n) is 2.86. The Balaban J connectivity index is 2.38. The lowest BCUT2D eigenvalue weighted by Gasteiger charge is -2.10. The van der Waals surface area contributed by atoms with E-state index in [4.69, 9.17) is 11.6 Å². The Labute approximate surface area is 107 Å². The van der Waals surface area contributed by atoms with E-state index in [2.05, 4.69) is 6.92 Å². The summed E-state index contributed by atoms with van der Waals surface area (Å²) in [5.41, 5.74) is 0.406. The largest absolute Gasteiger partial charge is 0.207 e. The van der Waals surface area contributed by atoms with Gasteiger partial charge in [0.25, 0.3) is 0 Å². The average molecular weight is 261 g/mol. The van der Waals surface area contributed by atoms with E-state index in [9.17, 15) is 8.78 Å². The van der Waals surface area contributed by atoms with E-state index in [1.54, 1.807) is 0 Å². The number of hydrogen-bond donors (Lipinski definition) is 0. The van der Waals surface area contributed by atoms with Crippen molar-refractivity contribution in [2.24, 2.45) is 0 Å². The first-order chi connectivity index (χ1) is 8.15. The molecule has 1 aromatic carbocycles. The third kappa shape index (κ3) is 5.03. The molecule has 0 aliphatic heterocycles. The Kier molecular flexibility index (Phi) is 6.49. The zero-order chi connectivity index (χ0) is 12.7. The third-order valence-corrected chi connectivity index (χ3v) is 3.31. The highest BCUT2D eigenvalue weighted by atomic mass is 35.5. The summed E-state index contributed by atoms with van der Waals surface area (Å²) < 4.78 is 26.1. The predicted octanol–water partition coefficient (Wildman–Crippen LogP) is 5.61. The highest BCUT2D eigenvalue weighted by Gasteiger charge is 2.13. The van der Waals surface area contributed by atoms with Crippen LogP contribution in [0.15, 0.2) is 18.2 Å². The van der Waals surface area contributed by atoms with Crippen molar-refractivity contribution in [2.45, 2.75) is 50.8 Å². The van der Waals surface area contributed by atoms with Crippen LogP contribution in [0.3, 0.4) is 0 Å². The average Bonchev–Trinajstić information content (AvgIpc) is 2.28. The minimum absolute atomic E-state index is 0.350. The van der Waals surface area contributed by atoms with Gasteiger partial charge in [-0.25, -0.2) is 8.78 Å². The second-order valence-corrected chi connectivity index (χ2v) is 4.86. The lowest BCUT2D eigenvalue weighted by Crippen LogP contribution is -1.96. The maximum Gasteiger partial charge on any atom is 0.130 e. The quantitative estimate of drug-likeness (QED) is 0.442. The van der Waals surface area contributed by atoms with E-state index >= 15 is 0 Å². The second-order valence-electron chi connectivity index (χ2n) is 4.34. The smallest absolute Gasteiger partial charge is 0.130 e. The molecule has 0 saturated heterocycles. The maximum absolute atomic E-state index is 13.4. The van der Waals surface area contributed by atoms with Crippen molar-refractivity contribution >= 4 is 11.6 Å². The van der Waals surface area contributed by atoms with Crippen molar-refractivity contribution in [3.8, 4) is 0 Å². The fraction of sp³-hybridized carbons (Fsp3) is 0.571. The molecule has 0 aliphatic carbocycles. The topological polar surface area (TPSA) is 0 Å². The van der Waals surface area contributed by atoms with Gasteiger partial charge in [0.15, 0.2) is 0 Å². The number of halogens is 3. The molecule has 96 valence electrons. The minimum atomic E-state index is -0.557. The first kappa shape index (κ1) is 14.4. The summed E-state index contributed by atoms with van der Waals surface area (Å²) in [7, 11) is 0. The van der Waals surface area contributed by atoms with Crippen LogP contribution in [0.2, 0.25) is 0 Å². The summed E-state index contributed by atoms with van der Waals surface area (Å²) in [6.07, 6.45) is 6.50. The van der Waals surface area contributed by atoms with Gasteiger partial charge in [-0.2, -0.15) is 0 Å². The molecule has 0 saturated carbocycles. The molecule has 1 unspecified atom stereocenters. The van der Waals surface area contributed by atoms with Gasteiger partial charge in [-0.3, -0.25) is 0 Å². The van der Waals surface area contributed by atoms with E-state index in [0.717, 1.165) is 25.3 Å². The summed E-state index contributed by atoms with van der Waals surface area (Å²) in [4.78, 5) is 0. The van der Waals surface area contributed by atoms with Crippen LogP contribution in [-0.2, 0) is 0 Å². The Morgan fingerprint density at radius 2 is 1.82 bits per heavy atom. The van der Waals surface area contributed by atoms with E-state index in [-0.39, 0.29) is 5.38 Å². The van der Waals surface area contributed by atoms with Gasteiger partial charge in [0.05, 0.1) is 5.38 Å². The van der Waals surface area contributed by atoms with Gasteiger partial charge in [0, 0.05) is 11.6 Å². The van der Waals surface area contributed by atoms with Crippen LogP contribution in [0, 0.1) is 11.6 Å². The number of unbranched alkanes of at least 4 members (excludes halogenated alkanes) is 4. The SMILES string of the molecule is CCCCCCCC(Cl)c1ccc(F)cc1F. The van der Waals surface area contributed by atoms with Crippen molar-refractivity contribution in [1.29, 1.82) is 0 Å². The molecule has 0 nitrogen and oxygen atoms in total.